The zero-order valence-electron chi connectivity index (χ0n) is 19.6. The predicted octanol–water partition coefficient (Wildman–Crippen LogP) is 4.38. The summed E-state index contributed by atoms with van der Waals surface area (Å²) in [5.41, 5.74) is 2.16. The first-order valence-electron chi connectivity index (χ1n) is 11.2. The lowest BCUT2D eigenvalue weighted by Crippen LogP contribution is -2.14. The van der Waals surface area contributed by atoms with E-state index in [4.69, 9.17) is 16.7 Å². The SMILES string of the molecule is O=C(C=Cc1cc(Cl)ccc1-n1cnnn1)Nc1ccccc1CCC(=O)Nc1ccc(C(=O)O)c(F)c1. The molecular weight excluding hydrogens is 515 g/mol. The van der Waals surface area contributed by atoms with Gasteiger partial charge in [0.05, 0.1) is 11.3 Å². The van der Waals surface area contributed by atoms with Crippen molar-refractivity contribution >= 4 is 46.8 Å². The number of carbonyl (C=O) groups is 3. The maximum atomic E-state index is 13.9. The largest absolute Gasteiger partial charge is 0.478 e. The summed E-state index contributed by atoms with van der Waals surface area (Å²) in [6.45, 7) is 0. The van der Waals surface area contributed by atoms with Gasteiger partial charge in [0.2, 0.25) is 11.8 Å². The number of para-hydroxylation sites is 1. The third kappa shape index (κ3) is 6.65. The number of carboxylic acids is 1. The molecule has 0 saturated carbocycles. The molecule has 0 radical (unpaired) electrons. The minimum atomic E-state index is -1.39. The Balaban J connectivity index is 1.39. The van der Waals surface area contributed by atoms with Crippen molar-refractivity contribution in [3.05, 3.63) is 101 Å². The molecule has 3 aromatic carbocycles. The van der Waals surface area contributed by atoms with Gasteiger partial charge in [-0.1, -0.05) is 29.8 Å². The smallest absolute Gasteiger partial charge is 0.338 e. The van der Waals surface area contributed by atoms with Gasteiger partial charge in [0.15, 0.2) is 0 Å². The fourth-order valence-electron chi connectivity index (χ4n) is 3.58. The van der Waals surface area contributed by atoms with E-state index in [-0.39, 0.29) is 12.1 Å². The molecule has 0 unspecified atom stereocenters. The number of amides is 2. The molecule has 10 nitrogen and oxygen atoms in total. The first-order chi connectivity index (χ1) is 18.3. The summed E-state index contributed by atoms with van der Waals surface area (Å²) in [7, 11) is 0. The number of hydrogen-bond donors (Lipinski definition) is 3. The second-order valence-electron chi connectivity index (χ2n) is 7.99. The molecule has 2 amide bonds. The van der Waals surface area contributed by atoms with E-state index in [1.54, 1.807) is 48.5 Å². The van der Waals surface area contributed by atoms with Gasteiger partial charge >= 0.3 is 5.97 Å². The number of halogens is 2. The van der Waals surface area contributed by atoms with Gasteiger partial charge in [-0.05, 0) is 71.0 Å². The first-order valence-corrected chi connectivity index (χ1v) is 11.6. The maximum absolute atomic E-state index is 13.9. The minimum absolute atomic E-state index is 0.0445. The second kappa shape index (κ2) is 11.9. The van der Waals surface area contributed by atoms with Crippen LogP contribution in [0.3, 0.4) is 0 Å². The molecule has 1 aromatic heterocycles. The summed E-state index contributed by atoms with van der Waals surface area (Å²) in [5.74, 6) is -3.14. The quantitative estimate of drug-likeness (QED) is 0.271. The number of carbonyl (C=O) groups excluding carboxylic acids is 2. The van der Waals surface area contributed by atoms with Crippen molar-refractivity contribution in [2.24, 2.45) is 0 Å². The predicted molar refractivity (Wildman–Crippen MR) is 139 cm³/mol. The Labute approximate surface area is 220 Å². The Morgan fingerprint density at radius 1 is 1.05 bits per heavy atom. The molecule has 3 N–H and O–H groups in total. The van der Waals surface area contributed by atoms with Crippen LogP contribution >= 0.6 is 11.6 Å². The highest BCUT2D eigenvalue weighted by Gasteiger charge is 2.13. The number of rotatable bonds is 9. The van der Waals surface area contributed by atoms with Crippen LogP contribution in [0.4, 0.5) is 15.8 Å². The fourth-order valence-corrected chi connectivity index (χ4v) is 3.76. The molecule has 12 heteroatoms. The lowest BCUT2D eigenvalue weighted by molar-refractivity contribution is -0.116. The molecule has 4 aromatic rings. The number of tetrazole rings is 1. The van der Waals surface area contributed by atoms with E-state index in [9.17, 15) is 18.8 Å². The number of carboxylic acid groups (broad SMARTS) is 1. The minimum Gasteiger partial charge on any atom is -0.478 e. The van der Waals surface area contributed by atoms with Gasteiger partial charge in [0.1, 0.15) is 12.1 Å². The summed E-state index contributed by atoms with van der Waals surface area (Å²) in [5, 5.41) is 25.8. The highest BCUT2D eigenvalue weighted by molar-refractivity contribution is 6.30. The van der Waals surface area contributed by atoms with Gasteiger partial charge in [-0.25, -0.2) is 9.18 Å². The number of nitrogens with zero attached hydrogens (tertiary/aromatic N) is 4. The van der Waals surface area contributed by atoms with Crippen LogP contribution in [0.1, 0.15) is 27.9 Å². The summed E-state index contributed by atoms with van der Waals surface area (Å²) in [4.78, 5) is 36.0. The molecule has 0 aliphatic rings. The molecule has 0 saturated heterocycles. The van der Waals surface area contributed by atoms with Crippen molar-refractivity contribution in [1.82, 2.24) is 20.2 Å². The van der Waals surface area contributed by atoms with Crippen LogP contribution < -0.4 is 10.6 Å². The van der Waals surface area contributed by atoms with Crippen molar-refractivity contribution in [3.8, 4) is 5.69 Å². The molecule has 0 spiro atoms. The van der Waals surface area contributed by atoms with E-state index in [0.717, 1.165) is 12.1 Å². The van der Waals surface area contributed by atoms with Crippen molar-refractivity contribution in [3.63, 3.8) is 0 Å². The fraction of sp³-hybridized carbons (Fsp3) is 0.0769. The zero-order chi connectivity index (χ0) is 27.1. The standard InChI is InChI=1S/C26H20ClFN6O4/c27-18-7-10-23(34-15-29-32-33-34)17(13-18)6-12-25(36)31-22-4-2-1-3-16(22)5-11-24(35)30-19-8-9-20(26(37)38)21(28)14-19/h1-4,6-10,12-15H,5,11H2,(H,30,35)(H,31,36)(H,37,38). The molecule has 0 aliphatic carbocycles. The molecule has 0 fully saturated rings. The van der Waals surface area contributed by atoms with Crippen LogP contribution in [0.2, 0.25) is 5.02 Å². The molecular formula is C26H20ClFN6O4. The number of benzene rings is 3. The molecule has 0 bridgehead atoms. The highest BCUT2D eigenvalue weighted by Crippen LogP contribution is 2.22. The average Bonchev–Trinajstić information content (AvgIpc) is 3.42. The van der Waals surface area contributed by atoms with Gasteiger partial charge in [-0.15, -0.1) is 5.10 Å². The molecule has 192 valence electrons. The Bertz CT molecular complexity index is 1520. The third-order valence-corrected chi connectivity index (χ3v) is 5.61. The van der Waals surface area contributed by atoms with E-state index in [2.05, 4.69) is 26.2 Å². The summed E-state index contributed by atoms with van der Waals surface area (Å²) < 4.78 is 15.3. The normalized spacial score (nSPS) is 10.9. The lowest BCUT2D eigenvalue weighted by Gasteiger charge is -2.11. The Hall–Kier alpha value is -4.90. The van der Waals surface area contributed by atoms with Crippen molar-refractivity contribution < 1.29 is 23.9 Å². The van der Waals surface area contributed by atoms with E-state index >= 15 is 0 Å². The summed E-state index contributed by atoms with van der Waals surface area (Å²) in [6, 6.07) is 15.5. The van der Waals surface area contributed by atoms with E-state index in [1.807, 2.05) is 0 Å². The Morgan fingerprint density at radius 2 is 1.87 bits per heavy atom. The Morgan fingerprint density at radius 3 is 2.61 bits per heavy atom. The van der Waals surface area contributed by atoms with Crippen LogP contribution in [0.5, 0.6) is 0 Å². The van der Waals surface area contributed by atoms with Gasteiger partial charge in [-0.2, -0.15) is 4.68 Å². The monoisotopic (exact) mass is 534 g/mol. The van der Waals surface area contributed by atoms with Gasteiger partial charge in [0, 0.05) is 34.5 Å². The molecule has 1 heterocycles. The number of hydrogen-bond acceptors (Lipinski definition) is 6. The number of aromatic nitrogens is 4. The first kappa shape index (κ1) is 26.2. The van der Waals surface area contributed by atoms with Crippen molar-refractivity contribution in [1.29, 1.82) is 0 Å². The lowest BCUT2D eigenvalue weighted by atomic mass is 10.1. The summed E-state index contributed by atoms with van der Waals surface area (Å²) >= 11 is 6.11. The van der Waals surface area contributed by atoms with Gasteiger partial charge in [0.25, 0.3) is 0 Å². The number of anilines is 2. The molecule has 38 heavy (non-hydrogen) atoms. The van der Waals surface area contributed by atoms with Crippen molar-refractivity contribution in [2.45, 2.75) is 12.8 Å². The molecule has 0 atom stereocenters. The second-order valence-corrected chi connectivity index (χ2v) is 8.42. The van der Waals surface area contributed by atoms with Crippen LogP contribution in [0, 0.1) is 5.82 Å². The molecule has 0 aliphatic heterocycles. The van der Waals surface area contributed by atoms with Gasteiger partial charge in [-0.3, -0.25) is 9.59 Å². The topological polar surface area (TPSA) is 139 Å². The van der Waals surface area contributed by atoms with Crippen LogP contribution in [0.15, 0.2) is 73.1 Å². The average molecular weight is 535 g/mol. The van der Waals surface area contributed by atoms with E-state index in [0.29, 0.717) is 33.9 Å². The Kier molecular flexibility index (Phi) is 8.19. The number of nitrogens with one attached hydrogen (secondary N) is 2. The maximum Gasteiger partial charge on any atom is 0.338 e. The van der Waals surface area contributed by atoms with Crippen molar-refractivity contribution in [2.75, 3.05) is 10.6 Å². The van der Waals surface area contributed by atoms with Crippen LogP contribution in [-0.2, 0) is 16.0 Å². The highest BCUT2D eigenvalue weighted by atomic mass is 35.5. The number of aromatic carboxylic acids is 1. The zero-order valence-corrected chi connectivity index (χ0v) is 20.4. The van der Waals surface area contributed by atoms with Crippen LogP contribution in [0.25, 0.3) is 11.8 Å². The molecule has 4 rings (SSSR count). The summed E-state index contributed by atoms with van der Waals surface area (Å²) in [6.07, 6.45) is 4.69. The van der Waals surface area contributed by atoms with E-state index < -0.39 is 29.2 Å². The van der Waals surface area contributed by atoms with Gasteiger partial charge < -0.3 is 15.7 Å². The third-order valence-electron chi connectivity index (χ3n) is 5.38. The number of aryl methyl sites for hydroxylation is 1. The van der Waals surface area contributed by atoms with E-state index in [1.165, 1.54) is 23.2 Å². The van der Waals surface area contributed by atoms with Crippen LogP contribution in [-0.4, -0.2) is 43.1 Å².